The van der Waals surface area contributed by atoms with Crippen molar-refractivity contribution in [1.29, 1.82) is 0 Å². The molecule has 1 N–H and O–H groups in total. The maximum Gasteiger partial charge on any atom is 0.0687 e. The third-order valence-electron chi connectivity index (χ3n) is 2.57. The van der Waals surface area contributed by atoms with Gasteiger partial charge in [-0.15, -0.1) is 6.42 Å². The zero-order valence-electron chi connectivity index (χ0n) is 8.31. The second kappa shape index (κ2) is 3.64. The van der Waals surface area contributed by atoms with Crippen LogP contribution in [0, 0.1) is 33.1 Å². The number of rotatable bonds is 1. The minimum Gasteiger partial charge on any atom is -0.392 e. The van der Waals surface area contributed by atoms with E-state index in [2.05, 4.69) is 5.92 Å². The summed E-state index contributed by atoms with van der Waals surface area (Å²) in [7, 11) is 0. The lowest BCUT2D eigenvalue weighted by Gasteiger charge is -2.11. The van der Waals surface area contributed by atoms with Gasteiger partial charge >= 0.3 is 0 Å². The Bertz CT molecular complexity index is 366. The maximum absolute atomic E-state index is 9.14. The van der Waals surface area contributed by atoms with Crippen molar-refractivity contribution in [3.05, 3.63) is 33.9 Å². The van der Waals surface area contributed by atoms with Crippen molar-refractivity contribution in [1.82, 2.24) is 0 Å². The van der Waals surface area contributed by atoms with Crippen LogP contribution in [0.5, 0.6) is 0 Å². The monoisotopic (exact) mass is 174 g/mol. The SMILES string of the molecule is C#Cc1cc(C)c(CO)c(C)c1C. The lowest BCUT2D eigenvalue weighted by Crippen LogP contribution is -1.98. The quantitative estimate of drug-likeness (QED) is 0.646. The molecule has 0 saturated carbocycles. The van der Waals surface area contributed by atoms with Crippen molar-refractivity contribution >= 4 is 0 Å². The molecule has 0 fully saturated rings. The Morgan fingerprint density at radius 2 is 1.92 bits per heavy atom. The molecule has 0 aliphatic carbocycles. The average Bonchev–Trinajstić information content (AvgIpc) is 2.12. The zero-order valence-corrected chi connectivity index (χ0v) is 8.31. The van der Waals surface area contributed by atoms with E-state index >= 15 is 0 Å². The highest BCUT2D eigenvalue weighted by Gasteiger charge is 2.07. The van der Waals surface area contributed by atoms with Gasteiger partial charge in [0.05, 0.1) is 6.61 Å². The molecule has 0 heterocycles. The summed E-state index contributed by atoms with van der Waals surface area (Å²) in [6, 6.07) is 1.95. The van der Waals surface area contributed by atoms with Crippen LogP contribution < -0.4 is 0 Å². The molecule has 1 aromatic carbocycles. The average molecular weight is 174 g/mol. The summed E-state index contributed by atoms with van der Waals surface area (Å²) in [5.74, 6) is 2.65. The molecule has 0 saturated heterocycles. The predicted molar refractivity (Wildman–Crippen MR) is 54.5 cm³/mol. The molecule has 0 aromatic heterocycles. The molecule has 1 nitrogen and oxygen atoms in total. The van der Waals surface area contributed by atoms with Gasteiger partial charge < -0.3 is 5.11 Å². The Morgan fingerprint density at radius 3 is 2.38 bits per heavy atom. The summed E-state index contributed by atoms with van der Waals surface area (Å²) in [4.78, 5) is 0. The molecular weight excluding hydrogens is 160 g/mol. The van der Waals surface area contributed by atoms with E-state index in [9.17, 15) is 0 Å². The number of aliphatic hydroxyl groups excluding tert-OH is 1. The van der Waals surface area contributed by atoms with E-state index in [1.807, 2.05) is 26.8 Å². The van der Waals surface area contributed by atoms with E-state index in [0.29, 0.717) is 0 Å². The van der Waals surface area contributed by atoms with E-state index in [4.69, 9.17) is 11.5 Å². The largest absolute Gasteiger partial charge is 0.392 e. The van der Waals surface area contributed by atoms with Crippen LogP contribution in [0.25, 0.3) is 0 Å². The fraction of sp³-hybridized carbons (Fsp3) is 0.333. The van der Waals surface area contributed by atoms with Crippen molar-refractivity contribution in [3.63, 3.8) is 0 Å². The van der Waals surface area contributed by atoms with E-state index in [0.717, 1.165) is 27.8 Å². The van der Waals surface area contributed by atoms with E-state index < -0.39 is 0 Å². The van der Waals surface area contributed by atoms with Crippen molar-refractivity contribution in [2.45, 2.75) is 27.4 Å². The molecule has 0 aliphatic rings. The molecule has 0 radical (unpaired) electrons. The van der Waals surface area contributed by atoms with Gasteiger partial charge in [0, 0.05) is 5.56 Å². The first-order valence-corrected chi connectivity index (χ1v) is 4.29. The van der Waals surface area contributed by atoms with Gasteiger partial charge in [-0.25, -0.2) is 0 Å². The summed E-state index contributed by atoms with van der Waals surface area (Å²) < 4.78 is 0. The molecule has 1 aromatic rings. The fourth-order valence-corrected chi connectivity index (χ4v) is 1.53. The molecule has 0 atom stereocenters. The lowest BCUT2D eigenvalue weighted by molar-refractivity contribution is 0.280. The second-order valence-corrected chi connectivity index (χ2v) is 3.27. The maximum atomic E-state index is 9.14. The molecule has 68 valence electrons. The Morgan fingerprint density at radius 1 is 1.31 bits per heavy atom. The normalized spacial score (nSPS) is 9.77. The number of aliphatic hydroxyl groups is 1. The number of hydrogen-bond acceptors (Lipinski definition) is 1. The second-order valence-electron chi connectivity index (χ2n) is 3.27. The topological polar surface area (TPSA) is 20.2 Å². The molecule has 0 bridgehead atoms. The molecule has 0 aliphatic heterocycles. The van der Waals surface area contributed by atoms with Gasteiger partial charge in [0.25, 0.3) is 0 Å². The van der Waals surface area contributed by atoms with Crippen molar-refractivity contribution < 1.29 is 5.11 Å². The highest BCUT2D eigenvalue weighted by molar-refractivity contribution is 5.50. The number of benzene rings is 1. The van der Waals surface area contributed by atoms with E-state index in [-0.39, 0.29) is 6.61 Å². The van der Waals surface area contributed by atoms with Gasteiger partial charge in [0.15, 0.2) is 0 Å². The highest BCUT2D eigenvalue weighted by Crippen LogP contribution is 2.21. The van der Waals surface area contributed by atoms with Crippen LogP contribution in [-0.4, -0.2) is 5.11 Å². The number of terminal acetylenes is 1. The Kier molecular flexibility index (Phi) is 2.75. The van der Waals surface area contributed by atoms with Crippen LogP contribution in [0.3, 0.4) is 0 Å². The van der Waals surface area contributed by atoms with Gasteiger partial charge in [0.1, 0.15) is 0 Å². The van der Waals surface area contributed by atoms with Gasteiger partial charge in [-0.1, -0.05) is 5.92 Å². The van der Waals surface area contributed by atoms with Crippen molar-refractivity contribution in [3.8, 4) is 12.3 Å². The Labute approximate surface area is 79.4 Å². The first kappa shape index (κ1) is 9.83. The summed E-state index contributed by atoms with van der Waals surface area (Å²) in [6.45, 7) is 6.04. The zero-order chi connectivity index (χ0) is 10.0. The lowest BCUT2D eigenvalue weighted by atomic mass is 9.94. The van der Waals surface area contributed by atoms with Gasteiger partial charge in [-0.2, -0.15) is 0 Å². The molecule has 1 heteroatoms. The molecule has 0 spiro atoms. The first-order valence-electron chi connectivity index (χ1n) is 4.29. The Hall–Kier alpha value is -1.26. The minimum absolute atomic E-state index is 0.0867. The van der Waals surface area contributed by atoms with Crippen LogP contribution >= 0.6 is 0 Å². The van der Waals surface area contributed by atoms with Gasteiger partial charge in [0.2, 0.25) is 0 Å². The summed E-state index contributed by atoms with van der Waals surface area (Å²) in [5.41, 5.74) is 5.19. The van der Waals surface area contributed by atoms with Crippen molar-refractivity contribution in [2.24, 2.45) is 0 Å². The van der Waals surface area contributed by atoms with Crippen LogP contribution in [-0.2, 0) is 6.61 Å². The molecule has 0 unspecified atom stereocenters. The smallest absolute Gasteiger partial charge is 0.0687 e. The van der Waals surface area contributed by atoms with Gasteiger partial charge in [-0.3, -0.25) is 0 Å². The standard InChI is InChI=1S/C12H14O/c1-5-11-6-8(2)12(7-13)10(4)9(11)3/h1,6,13H,7H2,2-4H3. The molecule has 13 heavy (non-hydrogen) atoms. The minimum atomic E-state index is 0.0867. The first-order chi connectivity index (χ1) is 6.11. The predicted octanol–water partition coefficient (Wildman–Crippen LogP) is 2.09. The third kappa shape index (κ3) is 1.59. The Balaban J connectivity index is 3.48. The summed E-state index contributed by atoms with van der Waals surface area (Å²) in [6.07, 6.45) is 5.37. The highest BCUT2D eigenvalue weighted by atomic mass is 16.3. The number of aryl methyl sites for hydroxylation is 1. The molecular formula is C12H14O. The number of hydrogen-bond donors (Lipinski definition) is 1. The van der Waals surface area contributed by atoms with Crippen LogP contribution in [0.4, 0.5) is 0 Å². The molecule has 0 amide bonds. The molecule has 1 rings (SSSR count). The van der Waals surface area contributed by atoms with Crippen molar-refractivity contribution in [2.75, 3.05) is 0 Å². The van der Waals surface area contributed by atoms with Gasteiger partial charge in [-0.05, 0) is 49.1 Å². The van der Waals surface area contributed by atoms with E-state index in [1.54, 1.807) is 0 Å². The fourth-order valence-electron chi connectivity index (χ4n) is 1.53. The van der Waals surface area contributed by atoms with E-state index in [1.165, 1.54) is 0 Å². The summed E-state index contributed by atoms with van der Waals surface area (Å²) in [5, 5.41) is 9.14. The third-order valence-corrected chi connectivity index (χ3v) is 2.57. The summed E-state index contributed by atoms with van der Waals surface area (Å²) >= 11 is 0. The van der Waals surface area contributed by atoms with Crippen LogP contribution in [0.15, 0.2) is 6.07 Å². The van der Waals surface area contributed by atoms with Crippen LogP contribution in [0.2, 0.25) is 0 Å². The van der Waals surface area contributed by atoms with Crippen LogP contribution in [0.1, 0.15) is 27.8 Å².